The molecule has 0 aliphatic rings. The van der Waals surface area contributed by atoms with Crippen molar-refractivity contribution in [1.82, 2.24) is 0 Å². The van der Waals surface area contributed by atoms with Crippen molar-refractivity contribution in [3.05, 3.63) is 70.1 Å². The number of nitrogens with zero attached hydrogens (tertiary/aromatic N) is 1. The Morgan fingerprint density at radius 2 is 1.96 bits per heavy atom. The Morgan fingerprint density at radius 3 is 2.70 bits per heavy atom. The summed E-state index contributed by atoms with van der Waals surface area (Å²) in [5.74, 6) is 0.162. The Morgan fingerprint density at radius 1 is 1.17 bits per heavy atom. The zero-order valence-electron chi connectivity index (χ0n) is 12.2. The van der Waals surface area contributed by atoms with Crippen molar-refractivity contribution in [2.45, 2.75) is 6.42 Å². The maximum atomic E-state index is 11.6. The summed E-state index contributed by atoms with van der Waals surface area (Å²) in [6.45, 7) is 0.474. The van der Waals surface area contributed by atoms with E-state index in [1.165, 1.54) is 6.07 Å². The molecule has 0 atom stereocenters. The van der Waals surface area contributed by atoms with Crippen LogP contribution in [0, 0.1) is 11.3 Å². The molecular formula is C18H13NO4. The average molecular weight is 307 g/mol. The minimum atomic E-state index is -0.862. The van der Waals surface area contributed by atoms with Crippen molar-refractivity contribution in [1.29, 1.82) is 5.26 Å². The number of fused-ring (bicyclic) bond motifs is 1. The zero-order chi connectivity index (χ0) is 16.2. The van der Waals surface area contributed by atoms with Crippen LogP contribution in [0.15, 0.2) is 57.7 Å². The number of ether oxygens (including phenoxy) is 1. The predicted molar refractivity (Wildman–Crippen MR) is 84.5 cm³/mol. The van der Waals surface area contributed by atoms with Gasteiger partial charge >= 0.3 is 5.63 Å². The zero-order valence-corrected chi connectivity index (χ0v) is 12.2. The summed E-state index contributed by atoms with van der Waals surface area (Å²) in [4.78, 5) is 11.6. The molecule has 114 valence electrons. The van der Waals surface area contributed by atoms with Crippen LogP contribution in [0.1, 0.15) is 11.1 Å². The summed E-state index contributed by atoms with van der Waals surface area (Å²) >= 11 is 0. The van der Waals surface area contributed by atoms with Crippen molar-refractivity contribution in [2.75, 3.05) is 6.61 Å². The Labute approximate surface area is 132 Å². The van der Waals surface area contributed by atoms with E-state index in [-0.39, 0.29) is 11.3 Å². The lowest BCUT2D eigenvalue weighted by Crippen LogP contribution is -2.05. The van der Waals surface area contributed by atoms with Crippen LogP contribution in [0.5, 0.6) is 11.5 Å². The molecule has 2 aromatic carbocycles. The molecule has 1 aromatic heterocycles. The molecular weight excluding hydrogens is 294 g/mol. The van der Waals surface area contributed by atoms with Gasteiger partial charge in [-0.1, -0.05) is 30.3 Å². The van der Waals surface area contributed by atoms with E-state index in [1.54, 1.807) is 18.2 Å². The lowest BCUT2D eigenvalue weighted by atomic mass is 10.1. The van der Waals surface area contributed by atoms with Crippen LogP contribution in [0.3, 0.4) is 0 Å². The maximum Gasteiger partial charge on any atom is 0.358 e. The van der Waals surface area contributed by atoms with Gasteiger partial charge in [-0.3, -0.25) is 0 Å². The first kappa shape index (κ1) is 14.7. The van der Waals surface area contributed by atoms with E-state index in [2.05, 4.69) is 0 Å². The summed E-state index contributed by atoms with van der Waals surface area (Å²) in [7, 11) is 0. The second-order valence-corrected chi connectivity index (χ2v) is 4.97. The number of aromatic hydroxyl groups is 1. The smallest absolute Gasteiger partial charge is 0.358 e. The Kier molecular flexibility index (Phi) is 3.98. The molecule has 0 bridgehead atoms. The Balaban J connectivity index is 1.81. The van der Waals surface area contributed by atoms with Crippen LogP contribution in [-0.2, 0) is 6.42 Å². The van der Waals surface area contributed by atoms with Gasteiger partial charge in [0.25, 0.3) is 0 Å². The average Bonchev–Trinajstić information content (AvgIpc) is 2.56. The molecule has 0 unspecified atom stereocenters. The predicted octanol–water partition coefficient (Wildman–Crippen LogP) is 2.99. The highest BCUT2D eigenvalue weighted by Crippen LogP contribution is 2.28. The third-order valence-electron chi connectivity index (χ3n) is 3.47. The fourth-order valence-corrected chi connectivity index (χ4v) is 2.28. The quantitative estimate of drug-likeness (QED) is 0.749. The van der Waals surface area contributed by atoms with Gasteiger partial charge in [0.1, 0.15) is 17.4 Å². The van der Waals surface area contributed by atoms with Crippen LogP contribution in [0.25, 0.3) is 11.0 Å². The maximum absolute atomic E-state index is 11.6. The fraction of sp³-hybridized carbons (Fsp3) is 0.111. The number of benzene rings is 2. The highest BCUT2D eigenvalue weighted by Gasteiger charge is 2.13. The van der Waals surface area contributed by atoms with Gasteiger partial charge in [-0.25, -0.2) is 4.79 Å². The third-order valence-corrected chi connectivity index (χ3v) is 3.47. The van der Waals surface area contributed by atoms with E-state index in [9.17, 15) is 9.90 Å². The molecule has 1 N–H and O–H groups in total. The van der Waals surface area contributed by atoms with Crippen LogP contribution >= 0.6 is 0 Å². The van der Waals surface area contributed by atoms with Gasteiger partial charge in [0.05, 0.1) is 12.0 Å². The van der Waals surface area contributed by atoms with Crippen LogP contribution < -0.4 is 10.4 Å². The van der Waals surface area contributed by atoms with Gasteiger partial charge in [-0.05, 0) is 17.7 Å². The van der Waals surface area contributed by atoms with Crippen molar-refractivity contribution < 1.29 is 14.3 Å². The topological polar surface area (TPSA) is 83.5 Å². The lowest BCUT2D eigenvalue weighted by Gasteiger charge is -2.08. The molecule has 0 amide bonds. The summed E-state index contributed by atoms with van der Waals surface area (Å²) < 4.78 is 10.7. The van der Waals surface area contributed by atoms with Gasteiger partial charge in [0.15, 0.2) is 11.3 Å². The second kappa shape index (κ2) is 6.24. The first-order valence-corrected chi connectivity index (χ1v) is 7.05. The standard InChI is InChI=1S/C18H13NO4/c19-11-15-17(20)14-7-6-13(10-16(14)23-18(15)21)22-9-8-12-4-2-1-3-5-12/h1-7,10,20H,8-9H2. The van der Waals surface area contributed by atoms with E-state index in [4.69, 9.17) is 14.4 Å². The minimum absolute atomic E-state index is 0.184. The monoisotopic (exact) mass is 307 g/mol. The molecule has 0 saturated carbocycles. The molecule has 0 fully saturated rings. The first-order valence-electron chi connectivity index (χ1n) is 7.05. The van der Waals surface area contributed by atoms with Gasteiger partial charge in [-0.15, -0.1) is 0 Å². The van der Waals surface area contributed by atoms with Crippen LogP contribution in [0.2, 0.25) is 0 Å². The molecule has 5 heteroatoms. The van der Waals surface area contributed by atoms with Gasteiger partial charge in [-0.2, -0.15) is 5.26 Å². The molecule has 0 saturated heterocycles. The SMILES string of the molecule is N#Cc1c(O)c2ccc(OCCc3ccccc3)cc2oc1=O. The largest absolute Gasteiger partial charge is 0.506 e. The number of nitriles is 1. The molecule has 3 rings (SSSR count). The fourth-order valence-electron chi connectivity index (χ4n) is 2.28. The van der Waals surface area contributed by atoms with Crippen molar-refractivity contribution in [2.24, 2.45) is 0 Å². The van der Waals surface area contributed by atoms with Crippen LogP contribution in [-0.4, -0.2) is 11.7 Å². The highest BCUT2D eigenvalue weighted by molar-refractivity contribution is 5.86. The lowest BCUT2D eigenvalue weighted by molar-refractivity contribution is 0.322. The molecule has 1 heterocycles. The van der Waals surface area contributed by atoms with Gasteiger partial charge in [0.2, 0.25) is 0 Å². The molecule has 23 heavy (non-hydrogen) atoms. The summed E-state index contributed by atoms with van der Waals surface area (Å²) in [6.07, 6.45) is 0.751. The molecule has 5 nitrogen and oxygen atoms in total. The molecule has 0 radical (unpaired) electrons. The minimum Gasteiger partial charge on any atom is -0.506 e. The highest BCUT2D eigenvalue weighted by atomic mass is 16.5. The van der Waals surface area contributed by atoms with E-state index < -0.39 is 11.2 Å². The number of rotatable bonds is 4. The van der Waals surface area contributed by atoms with E-state index in [0.717, 1.165) is 12.0 Å². The van der Waals surface area contributed by atoms with Crippen molar-refractivity contribution in [3.8, 4) is 17.6 Å². The number of hydrogen-bond acceptors (Lipinski definition) is 5. The third kappa shape index (κ3) is 3.01. The Hall–Kier alpha value is -3.26. The van der Waals surface area contributed by atoms with E-state index in [0.29, 0.717) is 17.7 Å². The molecule has 0 spiro atoms. The van der Waals surface area contributed by atoms with Gasteiger partial charge < -0.3 is 14.3 Å². The summed E-state index contributed by atoms with van der Waals surface area (Å²) in [6, 6.07) is 16.3. The van der Waals surface area contributed by atoms with Gasteiger partial charge in [0, 0.05) is 12.5 Å². The summed E-state index contributed by atoms with van der Waals surface area (Å²) in [5.41, 5.74) is 0.0917. The van der Waals surface area contributed by atoms with Crippen molar-refractivity contribution in [3.63, 3.8) is 0 Å². The normalized spacial score (nSPS) is 10.4. The molecule has 0 aliphatic heterocycles. The molecule has 3 aromatic rings. The Bertz CT molecular complexity index is 939. The first-order chi connectivity index (χ1) is 11.2. The van der Waals surface area contributed by atoms with E-state index >= 15 is 0 Å². The van der Waals surface area contributed by atoms with Crippen molar-refractivity contribution >= 4 is 11.0 Å². The summed E-state index contributed by atoms with van der Waals surface area (Å²) in [5, 5.41) is 19.1. The second-order valence-electron chi connectivity index (χ2n) is 4.97. The van der Waals surface area contributed by atoms with E-state index in [1.807, 2.05) is 30.3 Å². The molecule has 0 aliphatic carbocycles. The number of hydrogen-bond donors (Lipinski definition) is 1. The van der Waals surface area contributed by atoms with Crippen LogP contribution in [0.4, 0.5) is 0 Å².